The molecule has 0 unspecified atom stereocenters. The van der Waals surface area contributed by atoms with Crippen molar-refractivity contribution < 1.29 is 9.90 Å². The Balaban J connectivity index is 2.05. The highest BCUT2D eigenvalue weighted by Gasteiger charge is 2.07. The van der Waals surface area contributed by atoms with E-state index in [0.717, 1.165) is 19.3 Å². The Morgan fingerprint density at radius 3 is 2.58 bits per heavy atom. The third kappa shape index (κ3) is 4.21. The van der Waals surface area contributed by atoms with Crippen molar-refractivity contribution in [2.24, 2.45) is 0 Å². The number of benzene rings is 2. The van der Waals surface area contributed by atoms with Crippen LogP contribution in [0.4, 0.5) is 5.69 Å². The van der Waals surface area contributed by atoms with Crippen LogP contribution in [-0.2, 0) is 11.2 Å². The van der Waals surface area contributed by atoms with Crippen molar-refractivity contribution in [3.63, 3.8) is 0 Å². The van der Waals surface area contributed by atoms with Crippen molar-refractivity contribution in [1.29, 1.82) is 0 Å². The first kappa shape index (κ1) is 14.3. The Hall–Kier alpha value is -1.08. The SMILES string of the molecule is O=C(Cc1ccc(O)cc1)Nc1cc(I)ccc1Br. The molecule has 0 aromatic heterocycles. The van der Waals surface area contributed by atoms with Crippen LogP contribution in [0, 0.1) is 3.57 Å². The molecule has 2 aromatic rings. The molecule has 3 nitrogen and oxygen atoms in total. The van der Waals surface area contributed by atoms with Gasteiger partial charge < -0.3 is 10.4 Å². The van der Waals surface area contributed by atoms with Gasteiger partial charge in [-0.05, 0) is 74.4 Å². The van der Waals surface area contributed by atoms with E-state index in [9.17, 15) is 9.90 Å². The van der Waals surface area contributed by atoms with Gasteiger partial charge in [-0.1, -0.05) is 12.1 Å². The average Bonchev–Trinajstić information content (AvgIpc) is 2.37. The second-order valence-electron chi connectivity index (χ2n) is 4.02. The fraction of sp³-hybridized carbons (Fsp3) is 0.0714. The van der Waals surface area contributed by atoms with Crippen molar-refractivity contribution in [3.05, 3.63) is 56.1 Å². The predicted octanol–water partition coefficient (Wildman–Crippen LogP) is 3.94. The van der Waals surface area contributed by atoms with E-state index in [-0.39, 0.29) is 18.1 Å². The summed E-state index contributed by atoms with van der Waals surface area (Å²) in [6.07, 6.45) is 0.276. The summed E-state index contributed by atoms with van der Waals surface area (Å²) >= 11 is 5.60. The van der Waals surface area contributed by atoms with Gasteiger partial charge in [0.2, 0.25) is 5.91 Å². The van der Waals surface area contributed by atoms with E-state index in [1.54, 1.807) is 24.3 Å². The molecular formula is C14H11BrINO2. The molecule has 2 N–H and O–H groups in total. The zero-order chi connectivity index (χ0) is 13.8. The zero-order valence-corrected chi connectivity index (χ0v) is 13.6. The maximum Gasteiger partial charge on any atom is 0.228 e. The first-order chi connectivity index (χ1) is 9.04. The van der Waals surface area contributed by atoms with Gasteiger partial charge in [0.05, 0.1) is 12.1 Å². The lowest BCUT2D eigenvalue weighted by molar-refractivity contribution is -0.115. The minimum Gasteiger partial charge on any atom is -0.508 e. The van der Waals surface area contributed by atoms with Gasteiger partial charge in [0.25, 0.3) is 0 Å². The highest BCUT2D eigenvalue weighted by atomic mass is 127. The van der Waals surface area contributed by atoms with E-state index in [2.05, 4.69) is 43.8 Å². The van der Waals surface area contributed by atoms with Crippen LogP contribution in [0.15, 0.2) is 46.9 Å². The van der Waals surface area contributed by atoms with E-state index in [4.69, 9.17) is 0 Å². The zero-order valence-electron chi connectivity index (χ0n) is 9.86. The molecule has 1 amide bonds. The molecule has 0 spiro atoms. The summed E-state index contributed by atoms with van der Waals surface area (Å²) in [7, 11) is 0. The smallest absolute Gasteiger partial charge is 0.228 e. The van der Waals surface area contributed by atoms with Gasteiger partial charge in [-0.15, -0.1) is 0 Å². The van der Waals surface area contributed by atoms with Gasteiger partial charge in [-0.3, -0.25) is 4.79 Å². The quantitative estimate of drug-likeness (QED) is 0.723. The molecule has 19 heavy (non-hydrogen) atoms. The van der Waals surface area contributed by atoms with Crippen molar-refractivity contribution in [2.75, 3.05) is 5.32 Å². The molecule has 0 aliphatic carbocycles. The molecule has 0 aliphatic rings. The van der Waals surface area contributed by atoms with Gasteiger partial charge in [-0.25, -0.2) is 0 Å². The Morgan fingerprint density at radius 2 is 1.89 bits per heavy atom. The van der Waals surface area contributed by atoms with Crippen LogP contribution < -0.4 is 5.32 Å². The molecule has 0 radical (unpaired) electrons. The number of phenolic OH excluding ortho intramolecular Hbond substituents is 1. The summed E-state index contributed by atoms with van der Waals surface area (Å²) in [4.78, 5) is 11.9. The molecule has 0 bridgehead atoms. The first-order valence-corrected chi connectivity index (χ1v) is 7.44. The van der Waals surface area contributed by atoms with Crippen LogP contribution in [0.1, 0.15) is 5.56 Å². The maximum atomic E-state index is 11.9. The number of rotatable bonds is 3. The monoisotopic (exact) mass is 431 g/mol. The number of amides is 1. The molecule has 5 heteroatoms. The van der Waals surface area contributed by atoms with E-state index >= 15 is 0 Å². The molecule has 2 rings (SSSR count). The van der Waals surface area contributed by atoms with Crippen LogP contribution in [0.2, 0.25) is 0 Å². The topological polar surface area (TPSA) is 49.3 Å². The minimum atomic E-state index is -0.0895. The van der Waals surface area contributed by atoms with E-state index in [0.29, 0.717) is 0 Å². The van der Waals surface area contributed by atoms with Crippen molar-refractivity contribution in [1.82, 2.24) is 0 Å². The van der Waals surface area contributed by atoms with Gasteiger partial charge in [-0.2, -0.15) is 0 Å². The largest absolute Gasteiger partial charge is 0.508 e. The summed E-state index contributed by atoms with van der Waals surface area (Å²) in [6, 6.07) is 12.4. The Bertz CT molecular complexity index is 599. The highest BCUT2D eigenvalue weighted by molar-refractivity contribution is 14.1. The fourth-order valence-electron chi connectivity index (χ4n) is 1.59. The number of anilines is 1. The lowest BCUT2D eigenvalue weighted by Gasteiger charge is -2.08. The Labute approximate surface area is 133 Å². The van der Waals surface area contributed by atoms with Crippen molar-refractivity contribution in [2.45, 2.75) is 6.42 Å². The summed E-state index contributed by atoms with van der Waals surface area (Å²) in [5, 5.41) is 12.0. The highest BCUT2D eigenvalue weighted by Crippen LogP contribution is 2.24. The Morgan fingerprint density at radius 1 is 1.21 bits per heavy atom. The summed E-state index contributed by atoms with van der Waals surface area (Å²) in [5.74, 6) is 0.109. The fourth-order valence-corrected chi connectivity index (χ4v) is 2.42. The van der Waals surface area contributed by atoms with Crippen LogP contribution in [0.3, 0.4) is 0 Å². The summed E-state index contributed by atoms with van der Waals surface area (Å²) in [5.41, 5.74) is 1.62. The number of halogens is 2. The van der Waals surface area contributed by atoms with Gasteiger partial charge in [0.1, 0.15) is 5.75 Å². The second kappa shape index (κ2) is 6.38. The predicted molar refractivity (Wildman–Crippen MR) is 87.3 cm³/mol. The molecule has 0 saturated carbocycles. The lowest BCUT2D eigenvalue weighted by Crippen LogP contribution is -2.14. The molecule has 0 atom stereocenters. The molecule has 0 fully saturated rings. The number of phenols is 1. The second-order valence-corrected chi connectivity index (χ2v) is 6.12. The molecule has 0 aliphatic heterocycles. The number of hydrogen-bond acceptors (Lipinski definition) is 2. The normalized spacial score (nSPS) is 10.2. The van der Waals surface area contributed by atoms with Gasteiger partial charge in [0, 0.05) is 8.04 Å². The van der Waals surface area contributed by atoms with Gasteiger partial charge in [0.15, 0.2) is 0 Å². The standard InChI is InChI=1S/C14H11BrINO2/c15-12-6-3-10(16)8-13(12)17-14(19)7-9-1-4-11(18)5-2-9/h1-6,8,18H,7H2,(H,17,19). The maximum absolute atomic E-state index is 11.9. The number of aromatic hydroxyl groups is 1. The molecule has 0 saturated heterocycles. The van der Waals surface area contributed by atoms with Crippen molar-refractivity contribution in [3.8, 4) is 5.75 Å². The number of hydrogen-bond donors (Lipinski definition) is 2. The van der Waals surface area contributed by atoms with E-state index in [1.165, 1.54) is 0 Å². The first-order valence-electron chi connectivity index (χ1n) is 5.57. The molecule has 0 heterocycles. The van der Waals surface area contributed by atoms with E-state index < -0.39 is 0 Å². The molecule has 2 aromatic carbocycles. The third-order valence-electron chi connectivity index (χ3n) is 2.50. The number of carbonyl (C=O) groups excluding carboxylic acids is 1. The van der Waals surface area contributed by atoms with Crippen molar-refractivity contribution >= 4 is 50.1 Å². The third-order valence-corrected chi connectivity index (χ3v) is 3.87. The van der Waals surface area contributed by atoms with Crippen LogP contribution in [0.25, 0.3) is 0 Å². The van der Waals surface area contributed by atoms with Gasteiger partial charge >= 0.3 is 0 Å². The minimum absolute atomic E-state index is 0.0895. The van der Waals surface area contributed by atoms with Crippen LogP contribution in [0.5, 0.6) is 5.75 Å². The number of carbonyl (C=O) groups is 1. The lowest BCUT2D eigenvalue weighted by atomic mass is 10.1. The molecule has 98 valence electrons. The van der Waals surface area contributed by atoms with Crippen LogP contribution >= 0.6 is 38.5 Å². The number of nitrogens with one attached hydrogen (secondary N) is 1. The van der Waals surface area contributed by atoms with Crippen LogP contribution in [-0.4, -0.2) is 11.0 Å². The average molecular weight is 432 g/mol. The summed E-state index contributed by atoms with van der Waals surface area (Å²) < 4.78 is 1.91. The Kier molecular flexibility index (Phi) is 4.81. The molecular weight excluding hydrogens is 421 g/mol. The van der Waals surface area contributed by atoms with E-state index in [1.807, 2.05) is 18.2 Å². The summed E-state index contributed by atoms with van der Waals surface area (Å²) in [6.45, 7) is 0.